The summed E-state index contributed by atoms with van der Waals surface area (Å²) in [7, 11) is 0. The van der Waals surface area contributed by atoms with Crippen molar-refractivity contribution in [1.82, 2.24) is 20.2 Å². The summed E-state index contributed by atoms with van der Waals surface area (Å²) in [4.78, 5) is 37.3. The quantitative estimate of drug-likeness (QED) is 0.397. The molecule has 2 heterocycles. The van der Waals surface area contributed by atoms with Crippen molar-refractivity contribution in [3.05, 3.63) is 11.2 Å². The first kappa shape index (κ1) is 23.7. The van der Waals surface area contributed by atoms with E-state index >= 15 is 0 Å². The lowest BCUT2D eigenvalue weighted by atomic mass is 9.91. The highest BCUT2D eigenvalue weighted by Gasteiger charge is 2.30. The number of piperazine rings is 1. The molecule has 0 aliphatic carbocycles. The summed E-state index contributed by atoms with van der Waals surface area (Å²) in [6, 6.07) is 1.82. The van der Waals surface area contributed by atoms with Crippen LogP contribution in [0.4, 0.5) is 5.82 Å². The molecule has 29 heavy (non-hydrogen) atoms. The van der Waals surface area contributed by atoms with Crippen molar-refractivity contribution >= 4 is 41.0 Å². The van der Waals surface area contributed by atoms with E-state index in [1.807, 2.05) is 11.8 Å². The fourth-order valence-corrected chi connectivity index (χ4v) is 4.06. The number of anilines is 1. The number of nitrogens with one attached hydrogen (secondary N) is 1. The van der Waals surface area contributed by atoms with Crippen molar-refractivity contribution in [3.63, 3.8) is 0 Å². The molecule has 1 aliphatic rings. The average Bonchev–Trinajstić information content (AvgIpc) is 2.62. The van der Waals surface area contributed by atoms with Crippen LogP contribution in [0.2, 0.25) is 5.15 Å². The van der Waals surface area contributed by atoms with Gasteiger partial charge in [-0.15, -0.1) is 0 Å². The van der Waals surface area contributed by atoms with Gasteiger partial charge in [0.1, 0.15) is 11.0 Å². The van der Waals surface area contributed by atoms with Crippen LogP contribution in [-0.2, 0) is 9.59 Å². The molecule has 162 valence electrons. The van der Waals surface area contributed by atoms with E-state index in [1.54, 1.807) is 6.07 Å². The Labute approximate surface area is 183 Å². The summed E-state index contributed by atoms with van der Waals surface area (Å²) in [5.41, 5.74) is -0.0241. The first-order valence-corrected chi connectivity index (χ1v) is 11.4. The molecule has 1 fully saturated rings. The maximum Gasteiger partial charge on any atom is 0.230 e. The fourth-order valence-electron chi connectivity index (χ4n) is 3.15. The van der Waals surface area contributed by atoms with E-state index in [0.29, 0.717) is 42.9 Å². The van der Waals surface area contributed by atoms with E-state index in [2.05, 4.69) is 47.9 Å². The zero-order valence-electron chi connectivity index (χ0n) is 18.0. The second-order valence-electron chi connectivity index (χ2n) is 8.59. The van der Waals surface area contributed by atoms with Crippen LogP contribution in [0.1, 0.15) is 47.5 Å². The number of aromatic nitrogens is 2. The number of rotatable bonds is 7. The van der Waals surface area contributed by atoms with Crippen molar-refractivity contribution in [2.75, 3.05) is 36.8 Å². The molecule has 1 unspecified atom stereocenters. The first-order chi connectivity index (χ1) is 13.6. The maximum absolute atomic E-state index is 12.6. The van der Waals surface area contributed by atoms with Crippen molar-refractivity contribution < 1.29 is 9.59 Å². The second-order valence-corrected chi connectivity index (χ2v) is 9.92. The van der Waals surface area contributed by atoms with Gasteiger partial charge < -0.3 is 15.1 Å². The molecule has 0 radical (unpaired) electrons. The molecule has 1 aliphatic heterocycles. The molecule has 2 rings (SSSR count). The first-order valence-electron chi connectivity index (χ1n) is 10.1. The van der Waals surface area contributed by atoms with Crippen LogP contribution in [0.5, 0.6) is 0 Å². The van der Waals surface area contributed by atoms with Crippen LogP contribution in [0.25, 0.3) is 0 Å². The van der Waals surface area contributed by atoms with E-state index in [0.717, 1.165) is 12.2 Å². The largest absolute Gasteiger partial charge is 0.355 e. The lowest BCUT2D eigenvalue weighted by Crippen LogP contribution is -2.54. The summed E-state index contributed by atoms with van der Waals surface area (Å²) >= 11 is 7.47. The summed E-state index contributed by atoms with van der Waals surface area (Å²) < 4.78 is 0. The molecule has 1 saturated heterocycles. The van der Waals surface area contributed by atoms with Crippen LogP contribution in [-0.4, -0.2) is 64.7 Å². The molecular weight excluding hydrogens is 410 g/mol. The standard InChI is InChI=1S/C20H32ClN5O2S/c1-6-7-22-17(27)13-29-19-23-15(21)10-16(24-19)25-8-9-26(14(2)12-25)18(28)11-20(3,4)5/h10,14H,6-9,11-13H2,1-5H3,(H,22,27). The Balaban J connectivity index is 2.00. The predicted octanol–water partition coefficient (Wildman–Crippen LogP) is 3.22. The molecule has 0 aromatic carbocycles. The SMILES string of the molecule is CCCNC(=O)CSc1nc(Cl)cc(N2CCN(C(=O)CC(C)(C)C)C(C)C2)n1. The molecular formula is C20H32ClN5O2S. The van der Waals surface area contributed by atoms with Gasteiger partial charge in [-0.1, -0.05) is 51.1 Å². The second kappa shape index (κ2) is 10.5. The third-order valence-electron chi connectivity index (χ3n) is 4.52. The Kier molecular flexibility index (Phi) is 8.58. The van der Waals surface area contributed by atoms with E-state index in [-0.39, 0.29) is 29.0 Å². The lowest BCUT2D eigenvalue weighted by molar-refractivity contribution is -0.135. The number of carbonyl (C=O) groups is 2. The smallest absolute Gasteiger partial charge is 0.230 e. The zero-order chi connectivity index (χ0) is 21.6. The Bertz CT molecular complexity index is 725. The number of amides is 2. The molecule has 0 spiro atoms. The lowest BCUT2D eigenvalue weighted by Gasteiger charge is -2.41. The normalized spacial score (nSPS) is 17.4. The molecule has 9 heteroatoms. The van der Waals surface area contributed by atoms with Gasteiger partial charge in [-0.05, 0) is 18.8 Å². The Morgan fingerprint density at radius 3 is 2.66 bits per heavy atom. The number of nitrogens with zero attached hydrogens (tertiary/aromatic N) is 4. The molecule has 7 nitrogen and oxygen atoms in total. The van der Waals surface area contributed by atoms with Gasteiger partial charge in [-0.3, -0.25) is 9.59 Å². The third kappa shape index (κ3) is 7.66. The highest BCUT2D eigenvalue weighted by molar-refractivity contribution is 7.99. The predicted molar refractivity (Wildman–Crippen MR) is 119 cm³/mol. The summed E-state index contributed by atoms with van der Waals surface area (Å²) in [5.74, 6) is 1.14. The highest BCUT2D eigenvalue weighted by Crippen LogP contribution is 2.26. The van der Waals surface area contributed by atoms with Crippen molar-refractivity contribution in [2.45, 2.75) is 58.7 Å². The van der Waals surface area contributed by atoms with Crippen molar-refractivity contribution in [1.29, 1.82) is 0 Å². The van der Waals surface area contributed by atoms with Gasteiger partial charge in [-0.2, -0.15) is 0 Å². The van der Waals surface area contributed by atoms with Crippen molar-refractivity contribution in [2.24, 2.45) is 5.41 Å². The summed E-state index contributed by atoms with van der Waals surface area (Å²) in [6.07, 6.45) is 1.44. The maximum atomic E-state index is 12.6. The third-order valence-corrected chi connectivity index (χ3v) is 5.56. The Hall–Kier alpha value is -1.54. The van der Waals surface area contributed by atoms with Crippen molar-refractivity contribution in [3.8, 4) is 0 Å². The van der Waals surface area contributed by atoms with E-state index in [1.165, 1.54) is 11.8 Å². The minimum Gasteiger partial charge on any atom is -0.355 e. The van der Waals surface area contributed by atoms with Gasteiger partial charge in [0, 0.05) is 44.7 Å². The van der Waals surface area contributed by atoms with Crippen LogP contribution in [0.3, 0.4) is 0 Å². The molecule has 1 aromatic heterocycles. The van der Waals surface area contributed by atoms with Crippen LogP contribution in [0, 0.1) is 5.41 Å². The number of thioether (sulfide) groups is 1. The van der Waals surface area contributed by atoms with Crippen LogP contribution >= 0.6 is 23.4 Å². The Morgan fingerprint density at radius 1 is 1.31 bits per heavy atom. The van der Waals surface area contributed by atoms with E-state index in [9.17, 15) is 9.59 Å². The molecule has 1 atom stereocenters. The van der Waals surface area contributed by atoms with Crippen LogP contribution in [0.15, 0.2) is 11.2 Å². The van der Waals surface area contributed by atoms with Gasteiger partial charge in [0.2, 0.25) is 11.8 Å². The topological polar surface area (TPSA) is 78.4 Å². The molecule has 1 aromatic rings. The van der Waals surface area contributed by atoms with Crippen LogP contribution < -0.4 is 10.2 Å². The van der Waals surface area contributed by atoms with E-state index < -0.39 is 0 Å². The van der Waals surface area contributed by atoms with Gasteiger partial charge in [0.25, 0.3) is 0 Å². The highest BCUT2D eigenvalue weighted by atomic mass is 35.5. The molecule has 0 bridgehead atoms. The number of hydrogen-bond acceptors (Lipinski definition) is 6. The fraction of sp³-hybridized carbons (Fsp3) is 0.700. The molecule has 0 saturated carbocycles. The molecule has 2 amide bonds. The number of hydrogen-bond donors (Lipinski definition) is 1. The zero-order valence-corrected chi connectivity index (χ0v) is 19.6. The molecule has 1 N–H and O–H groups in total. The Morgan fingerprint density at radius 2 is 2.03 bits per heavy atom. The van der Waals surface area contributed by atoms with Gasteiger partial charge in [0.05, 0.1) is 5.75 Å². The summed E-state index contributed by atoms with van der Waals surface area (Å²) in [6.45, 7) is 13.0. The number of halogens is 1. The average molecular weight is 442 g/mol. The minimum atomic E-state index is -0.0402. The van der Waals surface area contributed by atoms with Gasteiger partial charge in [-0.25, -0.2) is 9.97 Å². The number of carbonyl (C=O) groups excluding carboxylic acids is 2. The monoisotopic (exact) mass is 441 g/mol. The van der Waals surface area contributed by atoms with E-state index in [4.69, 9.17) is 11.6 Å². The van der Waals surface area contributed by atoms with Gasteiger partial charge >= 0.3 is 0 Å². The van der Waals surface area contributed by atoms with Gasteiger partial charge in [0.15, 0.2) is 5.16 Å². The minimum absolute atomic E-state index is 0.0241. The summed E-state index contributed by atoms with van der Waals surface area (Å²) in [5, 5.41) is 3.67.